The molecule has 1 aromatic carbocycles. The maximum absolute atomic E-state index is 12.6. The van der Waals surface area contributed by atoms with Crippen LogP contribution in [0.4, 0.5) is 5.69 Å². The largest absolute Gasteiger partial charge is 0.477 e. The lowest BCUT2D eigenvalue weighted by Gasteiger charge is -2.16. The number of benzene rings is 1. The molecule has 0 bridgehead atoms. The zero-order valence-electron chi connectivity index (χ0n) is 15.5. The number of sulfonamides is 1. The Balaban J connectivity index is 2.09. The number of nitro groups is 1. The maximum atomic E-state index is 12.6. The van der Waals surface area contributed by atoms with E-state index in [2.05, 4.69) is 5.32 Å². The Kier molecular flexibility index (Phi) is 7.14. The van der Waals surface area contributed by atoms with Gasteiger partial charge in [0, 0.05) is 25.7 Å². The highest BCUT2D eigenvalue weighted by Crippen LogP contribution is 2.31. The Morgan fingerprint density at radius 2 is 2.00 bits per heavy atom. The molecule has 1 aromatic rings. The van der Waals surface area contributed by atoms with Crippen LogP contribution in [0.3, 0.4) is 0 Å². The first-order chi connectivity index (χ1) is 12.7. The third-order valence-corrected chi connectivity index (χ3v) is 6.13. The van der Waals surface area contributed by atoms with E-state index in [1.165, 1.54) is 16.4 Å². The summed E-state index contributed by atoms with van der Waals surface area (Å²) < 4.78 is 31.7. The van der Waals surface area contributed by atoms with Crippen molar-refractivity contribution in [1.82, 2.24) is 9.62 Å². The van der Waals surface area contributed by atoms with Crippen LogP contribution < -0.4 is 10.1 Å². The fraction of sp³-hybridized carbons (Fsp3) is 0.588. The smallest absolute Gasteiger partial charge is 0.312 e. The van der Waals surface area contributed by atoms with Gasteiger partial charge < -0.3 is 10.1 Å². The molecule has 0 unspecified atom stereocenters. The van der Waals surface area contributed by atoms with Crippen LogP contribution in [0.25, 0.3) is 0 Å². The molecule has 0 radical (unpaired) electrons. The van der Waals surface area contributed by atoms with E-state index in [-0.39, 0.29) is 17.3 Å². The van der Waals surface area contributed by atoms with Crippen LogP contribution in [-0.4, -0.2) is 49.8 Å². The first-order valence-corrected chi connectivity index (χ1v) is 10.3. The van der Waals surface area contributed by atoms with Crippen molar-refractivity contribution < 1.29 is 22.9 Å². The fourth-order valence-electron chi connectivity index (χ4n) is 2.69. The van der Waals surface area contributed by atoms with E-state index in [4.69, 9.17) is 4.74 Å². The lowest BCUT2D eigenvalue weighted by Crippen LogP contribution is -2.30. The summed E-state index contributed by atoms with van der Waals surface area (Å²) in [5.41, 5.74) is -0.481. The number of carbonyl (C=O) groups excluding carboxylic acids is 1. The van der Waals surface area contributed by atoms with Gasteiger partial charge in [-0.1, -0.05) is 13.8 Å². The Hall–Kier alpha value is -2.20. The fourth-order valence-corrected chi connectivity index (χ4v) is 4.23. The second-order valence-electron chi connectivity index (χ2n) is 6.82. The average molecular weight is 399 g/mol. The van der Waals surface area contributed by atoms with Crippen LogP contribution in [-0.2, 0) is 14.8 Å². The summed E-state index contributed by atoms with van der Waals surface area (Å²) in [4.78, 5) is 22.2. The van der Waals surface area contributed by atoms with Crippen LogP contribution in [0.15, 0.2) is 23.1 Å². The SMILES string of the molecule is CC(C)CCNC(=O)COc1ccc(S(=O)(=O)N2CCCC2)cc1[N+](=O)[O-]. The zero-order chi connectivity index (χ0) is 20.0. The second kappa shape index (κ2) is 9.14. The average Bonchev–Trinajstić information content (AvgIpc) is 3.14. The minimum absolute atomic E-state index is 0.139. The predicted molar refractivity (Wildman–Crippen MR) is 99.0 cm³/mol. The van der Waals surface area contributed by atoms with Crippen molar-refractivity contribution >= 4 is 21.6 Å². The van der Waals surface area contributed by atoms with Gasteiger partial charge in [-0.25, -0.2) is 8.42 Å². The lowest BCUT2D eigenvalue weighted by molar-refractivity contribution is -0.386. The Morgan fingerprint density at radius 3 is 2.59 bits per heavy atom. The van der Waals surface area contributed by atoms with Gasteiger partial charge in [-0.05, 0) is 37.3 Å². The molecular formula is C17H25N3O6S. The summed E-state index contributed by atoms with van der Waals surface area (Å²) in [6.45, 7) is 5.00. The van der Waals surface area contributed by atoms with Crippen LogP contribution in [0.5, 0.6) is 5.75 Å². The van der Waals surface area contributed by atoms with E-state index >= 15 is 0 Å². The minimum Gasteiger partial charge on any atom is -0.477 e. The van der Waals surface area contributed by atoms with E-state index in [0.29, 0.717) is 25.6 Å². The summed E-state index contributed by atoms with van der Waals surface area (Å²) in [6.07, 6.45) is 2.36. The highest BCUT2D eigenvalue weighted by Gasteiger charge is 2.29. The van der Waals surface area contributed by atoms with Crippen molar-refractivity contribution in [3.8, 4) is 5.75 Å². The number of nitro benzene ring substituents is 1. The summed E-state index contributed by atoms with van der Waals surface area (Å²) >= 11 is 0. The zero-order valence-corrected chi connectivity index (χ0v) is 16.3. The highest BCUT2D eigenvalue weighted by atomic mass is 32.2. The molecule has 0 spiro atoms. The molecule has 0 atom stereocenters. The Bertz CT molecular complexity index is 788. The standard InChI is InChI=1S/C17H25N3O6S/c1-13(2)7-8-18-17(21)12-26-16-6-5-14(11-15(16)20(22)23)27(24,25)19-9-3-4-10-19/h5-6,11,13H,3-4,7-10,12H2,1-2H3,(H,18,21). The van der Waals surface area contributed by atoms with E-state index in [0.717, 1.165) is 25.3 Å². The summed E-state index contributed by atoms with van der Waals surface area (Å²) in [5.74, 6) is -0.0875. The van der Waals surface area contributed by atoms with E-state index < -0.39 is 26.5 Å². The molecule has 27 heavy (non-hydrogen) atoms. The van der Waals surface area contributed by atoms with Crippen molar-refractivity contribution in [3.05, 3.63) is 28.3 Å². The first-order valence-electron chi connectivity index (χ1n) is 8.90. The molecule has 1 aliphatic heterocycles. The molecule has 1 heterocycles. The van der Waals surface area contributed by atoms with Gasteiger partial charge in [-0.2, -0.15) is 4.31 Å². The van der Waals surface area contributed by atoms with E-state index in [9.17, 15) is 23.3 Å². The van der Waals surface area contributed by atoms with Gasteiger partial charge in [-0.15, -0.1) is 0 Å². The van der Waals surface area contributed by atoms with Crippen molar-refractivity contribution in [2.75, 3.05) is 26.2 Å². The molecule has 2 rings (SSSR count). The molecule has 1 saturated heterocycles. The molecule has 1 amide bonds. The number of nitrogens with zero attached hydrogens (tertiary/aromatic N) is 2. The third-order valence-electron chi connectivity index (χ3n) is 4.23. The molecule has 150 valence electrons. The quantitative estimate of drug-likeness (QED) is 0.500. The van der Waals surface area contributed by atoms with Gasteiger partial charge in [-0.3, -0.25) is 14.9 Å². The molecule has 0 aliphatic carbocycles. The molecule has 0 aromatic heterocycles. The molecule has 0 saturated carbocycles. The van der Waals surface area contributed by atoms with Gasteiger partial charge in [0.1, 0.15) is 0 Å². The molecule has 1 fully saturated rings. The summed E-state index contributed by atoms with van der Waals surface area (Å²) in [5, 5.41) is 14.0. The Morgan fingerprint density at radius 1 is 1.33 bits per heavy atom. The number of hydrogen-bond donors (Lipinski definition) is 1. The van der Waals surface area contributed by atoms with E-state index in [1.54, 1.807) is 0 Å². The summed E-state index contributed by atoms with van der Waals surface area (Å²) in [7, 11) is -3.77. The number of nitrogens with one attached hydrogen (secondary N) is 1. The van der Waals surface area contributed by atoms with Gasteiger partial charge in [0.25, 0.3) is 5.91 Å². The maximum Gasteiger partial charge on any atom is 0.312 e. The molecular weight excluding hydrogens is 374 g/mol. The van der Waals surface area contributed by atoms with Gasteiger partial charge in [0.2, 0.25) is 10.0 Å². The predicted octanol–water partition coefficient (Wildman–Crippen LogP) is 1.92. The monoisotopic (exact) mass is 399 g/mol. The van der Waals surface area contributed by atoms with Crippen molar-refractivity contribution in [1.29, 1.82) is 0 Å². The van der Waals surface area contributed by atoms with Crippen LogP contribution in [0.1, 0.15) is 33.1 Å². The van der Waals surface area contributed by atoms with Crippen LogP contribution in [0.2, 0.25) is 0 Å². The topological polar surface area (TPSA) is 119 Å². The summed E-state index contributed by atoms with van der Waals surface area (Å²) in [6, 6.07) is 3.48. The van der Waals surface area contributed by atoms with Crippen molar-refractivity contribution in [2.45, 2.75) is 38.0 Å². The third kappa shape index (κ3) is 5.64. The van der Waals surface area contributed by atoms with Crippen LogP contribution >= 0.6 is 0 Å². The van der Waals surface area contributed by atoms with Gasteiger partial charge in [0.05, 0.1) is 9.82 Å². The minimum atomic E-state index is -3.77. The lowest BCUT2D eigenvalue weighted by atomic mass is 10.1. The Labute approximate surface area is 158 Å². The number of ether oxygens (including phenoxy) is 1. The number of amides is 1. The van der Waals surface area contributed by atoms with Crippen LogP contribution in [0, 0.1) is 16.0 Å². The molecule has 9 nitrogen and oxygen atoms in total. The molecule has 1 aliphatic rings. The normalized spacial score (nSPS) is 15.1. The number of hydrogen-bond acceptors (Lipinski definition) is 6. The van der Waals surface area contributed by atoms with Crippen molar-refractivity contribution in [2.24, 2.45) is 5.92 Å². The van der Waals surface area contributed by atoms with Gasteiger partial charge >= 0.3 is 5.69 Å². The van der Waals surface area contributed by atoms with Crippen molar-refractivity contribution in [3.63, 3.8) is 0 Å². The number of carbonyl (C=O) groups is 1. The van der Waals surface area contributed by atoms with Gasteiger partial charge in [0.15, 0.2) is 12.4 Å². The van der Waals surface area contributed by atoms with E-state index in [1.807, 2.05) is 13.8 Å². The second-order valence-corrected chi connectivity index (χ2v) is 8.76. The number of rotatable bonds is 9. The molecule has 1 N–H and O–H groups in total. The first kappa shape index (κ1) is 21.1. The molecule has 10 heteroatoms. The highest BCUT2D eigenvalue weighted by molar-refractivity contribution is 7.89.